The van der Waals surface area contributed by atoms with Gasteiger partial charge in [0, 0.05) is 16.5 Å². The third kappa shape index (κ3) is 4.57. The first-order chi connectivity index (χ1) is 15.4. The van der Waals surface area contributed by atoms with Crippen LogP contribution in [-0.4, -0.2) is 19.3 Å². The number of aliphatic hydroxyl groups is 1. The van der Waals surface area contributed by atoms with E-state index in [-0.39, 0.29) is 12.3 Å². The topological polar surface area (TPSA) is 49.8 Å². The first-order valence-corrected chi connectivity index (χ1v) is 14.6. The second-order valence-electron chi connectivity index (χ2n) is 10.0. The van der Waals surface area contributed by atoms with Crippen molar-refractivity contribution in [3.63, 3.8) is 0 Å². The lowest BCUT2D eigenvalue weighted by Crippen LogP contribution is -2.48. The largest absolute Gasteiger partial charge is 0.546 e. The summed E-state index contributed by atoms with van der Waals surface area (Å²) in [5, 5.41) is 11.9. The molecule has 1 N–H and O–H groups in total. The Morgan fingerprint density at radius 1 is 1.03 bits per heavy atom. The molecule has 0 fully saturated rings. The van der Waals surface area contributed by atoms with E-state index in [2.05, 4.69) is 64.1 Å². The van der Waals surface area contributed by atoms with Crippen LogP contribution in [0.4, 0.5) is 5.69 Å². The normalized spacial score (nSPS) is 18.4. The zero-order valence-electron chi connectivity index (χ0n) is 20.6. The molecule has 1 atom stereocenters. The quantitative estimate of drug-likeness (QED) is 0.274. The molecule has 0 saturated heterocycles. The predicted octanol–water partition coefficient (Wildman–Crippen LogP) is 7.28. The fraction of sp³-hybridized carbons (Fsp3) is 0.444. The van der Waals surface area contributed by atoms with E-state index in [1.807, 2.05) is 48.5 Å². The van der Waals surface area contributed by atoms with Gasteiger partial charge in [0.15, 0.2) is 5.60 Å². The molecule has 33 heavy (non-hydrogen) atoms. The van der Waals surface area contributed by atoms with E-state index in [0.29, 0.717) is 44.7 Å². The smallest absolute Gasteiger partial charge is 0.264 e. The average molecular weight is 531 g/mol. The maximum Gasteiger partial charge on any atom is 0.264 e. The van der Waals surface area contributed by atoms with Crippen molar-refractivity contribution in [2.24, 2.45) is 0 Å². The van der Waals surface area contributed by atoms with E-state index in [4.69, 9.17) is 4.43 Å². The second-order valence-corrected chi connectivity index (χ2v) is 16.2. The number of nitrogens with zero attached hydrogens (tertiary/aromatic N) is 1. The Labute approximate surface area is 207 Å². The van der Waals surface area contributed by atoms with Crippen molar-refractivity contribution in [1.82, 2.24) is 0 Å². The summed E-state index contributed by atoms with van der Waals surface area (Å²) in [6.45, 7) is 17.9. The molecule has 0 radical (unpaired) electrons. The SMILES string of the molecule is C=C(C[C@]1(O)C(=O)N(Cc2ccccc2)c2cccc(Br)c21)O[Si](C(C)C)(C(C)C)C(C)C. The molecule has 0 bridgehead atoms. The Balaban J connectivity index is 1.97. The maximum absolute atomic E-state index is 13.7. The third-order valence-corrected chi connectivity index (χ3v) is 13.7. The van der Waals surface area contributed by atoms with Crippen molar-refractivity contribution in [2.75, 3.05) is 4.90 Å². The van der Waals surface area contributed by atoms with Crippen LogP contribution in [0.3, 0.4) is 0 Å². The van der Waals surface area contributed by atoms with Crippen LogP contribution in [0.2, 0.25) is 16.6 Å². The molecule has 0 unspecified atom stereocenters. The number of rotatable bonds is 9. The molecule has 178 valence electrons. The van der Waals surface area contributed by atoms with Crippen LogP contribution in [0.5, 0.6) is 0 Å². The summed E-state index contributed by atoms with van der Waals surface area (Å²) in [4.78, 5) is 15.4. The van der Waals surface area contributed by atoms with Crippen molar-refractivity contribution in [2.45, 2.75) is 76.7 Å². The Morgan fingerprint density at radius 2 is 1.61 bits per heavy atom. The van der Waals surface area contributed by atoms with Gasteiger partial charge in [0.1, 0.15) is 0 Å². The molecule has 0 saturated carbocycles. The Kier molecular flexibility index (Phi) is 7.61. The van der Waals surface area contributed by atoms with Crippen molar-refractivity contribution < 1.29 is 14.3 Å². The van der Waals surface area contributed by atoms with Crippen LogP contribution in [0.15, 0.2) is 65.3 Å². The van der Waals surface area contributed by atoms with Crippen LogP contribution >= 0.6 is 15.9 Å². The van der Waals surface area contributed by atoms with Crippen LogP contribution in [-0.2, 0) is 21.4 Å². The predicted molar refractivity (Wildman–Crippen MR) is 142 cm³/mol. The fourth-order valence-electron chi connectivity index (χ4n) is 5.60. The molecule has 1 aliphatic heterocycles. The summed E-state index contributed by atoms with van der Waals surface area (Å²) in [6.07, 6.45) is 0.0354. The Bertz CT molecular complexity index is 1000. The molecule has 0 aliphatic carbocycles. The minimum atomic E-state index is -2.25. The van der Waals surface area contributed by atoms with E-state index >= 15 is 0 Å². The number of hydrogen-bond donors (Lipinski definition) is 1. The molecule has 2 aromatic carbocycles. The average Bonchev–Trinajstić information content (AvgIpc) is 2.94. The van der Waals surface area contributed by atoms with E-state index < -0.39 is 13.9 Å². The van der Waals surface area contributed by atoms with E-state index in [9.17, 15) is 9.90 Å². The fourth-order valence-corrected chi connectivity index (χ4v) is 11.6. The van der Waals surface area contributed by atoms with Gasteiger partial charge in [-0.3, -0.25) is 4.79 Å². The highest BCUT2D eigenvalue weighted by Crippen LogP contribution is 2.49. The molecule has 6 heteroatoms. The van der Waals surface area contributed by atoms with Crippen LogP contribution in [0, 0.1) is 0 Å². The monoisotopic (exact) mass is 529 g/mol. The molecule has 1 aliphatic rings. The standard InChI is InChI=1S/C27H36BrNO3Si/c1-18(2)33(19(3)4,20(5)6)32-21(7)16-27(31)25-23(28)14-11-15-24(25)29(26(27)30)17-22-12-9-8-10-13-22/h8-15,18-20,31H,7,16-17H2,1-6H3/t27-/m1/s1. The van der Waals surface area contributed by atoms with Crippen molar-refractivity contribution >= 4 is 35.8 Å². The number of carbonyl (C=O) groups excluding carboxylic acids is 1. The number of carbonyl (C=O) groups is 1. The van der Waals surface area contributed by atoms with Gasteiger partial charge in [-0.1, -0.05) is 100 Å². The van der Waals surface area contributed by atoms with E-state index in [1.54, 1.807) is 4.90 Å². The summed E-state index contributed by atoms with van der Waals surface area (Å²) in [5.41, 5.74) is 1.69. The molecule has 2 aromatic rings. The third-order valence-electron chi connectivity index (χ3n) is 6.96. The highest BCUT2D eigenvalue weighted by atomic mass is 79.9. The lowest BCUT2D eigenvalue weighted by molar-refractivity contribution is -0.136. The van der Waals surface area contributed by atoms with Gasteiger partial charge in [-0.05, 0) is 34.3 Å². The molecule has 4 nitrogen and oxygen atoms in total. The minimum Gasteiger partial charge on any atom is -0.546 e. The van der Waals surface area contributed by atoms with Gasteiger partial charge in [-0.25, -0.2) is 0 Å². The van der Waals surface area contributed by atoms with Gasteiger partial charge < -0.3 is 14.4 Å². The first-order valence-electron chi connectivity index (χ1n) is 11.7. The number of fused-ring (bicyclic) bond motifs is 1. The lowest BCUT2D eigenvalue weighted by Gasteiger charge is -2.43. The molecule has 1 heterocycles. The number of halogens is 1. The molecule has 1 amide bonds. The Morgan fingerprint density at radius 3 is 2.15 bits per heavy atom. The van der Waals surface area contributed by atoms with Gasteiger partial charge in [0.2, 0.25) is 0 Å². The molecule has 3 rings (SSSR count). The van der Waals surface area contributed by atoms with E-state index in [0.717, 1.165) is 5.56 Å². The van der Waals surface area contributed by atoms with Crippen molar-refractivity contribution in [3.05, 3.63) is 76.5 Å². The second kappa shape index (κ2) is 9.77. The van der Waals surface area contributed by atoms with Crippen molar-refractivity contribution in [3.8, 4) is 0 Å². The highest BCUT2D eigenvalue weighted by molar-refractivity contribution is 9.10. The van der Waals surface area contributed by atoms with Gasteiger partial charge >= 0.3 is 0 Å². The van der Waals surface area contributed by atoms with Gasteiger partial charge in [0.25, 0.3) is 14.2 Å². The maximum atomic E-state index is 13.7. The van der Waals surface area contributed by atoms with Gasteiger partial charge in [-0.15, -0.1) is 0 Å². The summed E-state index contributed by atoms with van der Waals surface area (Å²) >= 11 is 3.58. The van der Waals surface area contributed by atoms with Crippen LogP contribution in [0.25, 0.3) is 0 Å². The van der Waals surface area contributed by atoms with Gasteiger partial charge in [-0.2, -0.15) is 0 Å². The van der Waals surface area contributed by atoms with Gasteiger partial charge in [0.05, 0.1) is 18.0 Å². The summed E-state index contributed by atoms with van der Waals surface area (Å²) in [7, 11) is -2.25. The zero-order valence-corrected chi connectivity index (χ0v) is 23.1. The van der Waals surface area contributed by atoms with Crippen LogP contribution in [0.1, 0.15) is 59.1 Å². The highest BCUT2D eigenvalue weighted by Gasteiger charge is 2.53. The molecular weight excluding hydrogens is 494 g/mol. The number of anilines is 1. The Hall–Kier alpha value is -1.89. The zero-order chi connectivity index (χ0) is 24.6. The number of amides is 1. The molecule has 0 aromatic heterocycles. The van der Waals surface area contributed by atoms with E-state index in [1.165, 1.54) is 0 Å². The molecule has 0 spiro atoms. The summed E-state index contributed by atoms with van der Waals surface area (Å²) in [5.74, 6) is 0.140. The van der Waals surface area contributed by atoms with Crippen LogP contribution < -0.4 is 4.90 Å². The van der Waals surface area contributed by atoms with Crippen molar-refractivity contribution in [1.29, 1.82) is 0 Å². The summed E-state index contributed by atoms with van der Waals surface area (Å²) < 4.78 is 7.41. The lowest BCUT2D eigenvalue weighted by atomic mass is 9.91. The first kappa shape index (κ1) is 25.7. The summed E-state index contributed by atoms with van der Waals surface area (Å²) in [6, 6.07) is 15.5. The molecular formula is C27H36BrNO3Si. The minimum absolute atomic E-state index is 0.0354. The number of benzene rings is 2. The number of hydrogen-bond acceptors (Lipinski definition) is 3.